The van der Waals surface area contributed by atoms with Crippen molar-refractivity contribution in [2.45, 2.75) is 31.1 Å². The van der Waals surface area contributed by atoms with Gasteiger partial charge in [0.05, 0.1) is 10.2 Å². The zero-order valence-corrected chi connectivity index (χ0v) is 36.8. The molecule has 2 aliphatic rings. The Labute approximate surface area is 382 Å². The maximum absolute atomic E-state index is 6.30. The van der Waals surface area contributed by atoms with Crippen LogP contribution >= 0.6 is 11.3 Å². The van der Waals surface area contributed by atoms with Crippen molar-refractivity contribution in [2.75, 3.05) is 9.80 Å². The lowest BCUT2D eigenvalue weighted by Gasteiger charge is -2.34. The van der Waals surface area contributed by atoms with Crippen molar-refractivity contribution in [3.05, 3.63) is 229 Å². The molecule has 0 amide bonds. The van der Waals surface area contributed by atoms with Gasteiger partial charge in [-0.25, -0.2) is 4.98 Å². The first-order valence-electron chi connectivity index (χ1n) is 22.4. The van der Waals surface area contributed by atoms with Crippen LogP contribution in [0.25, 0.3) is 59.6 Å². The Morgan fingerprint density at radius 1 is 0.508 bits per heavy atom. The van der Waals surface area contributed by atoms with Gasteiger partial charge in [0.15, 0.2) is 0 Å². The van der Waals surface area contributed by atoms with E-state index in [1.807, 2.05) is 12.1 Å². The lowest BCUT2D eigenvalue weighted by molar-refractivity contribution is 0.424. The Bertz CT molecular complexity index is 3620. The fraction of sp³-hybridized carbons (Fsp3) is 0.0833. The number of hydrogen-bond donors (Lipinski definition) is 0. The fourth-order valence-electron chi connectivity index (χ4n) is 10.9. The molecule has 11 aromatic rings. The lowest BCUT2D eigenvalue weighted by Crippen LogP contribution is -2.25. The molecule has 0 radical (unpaired) electrons. The number of rotatable bonds is 7. The van der Waals surface area contributed by atoms with E-state index in [1.54, 1.807) is 11.3 Å². The summed E-state index contributed by atoms with van der Waals surface area (Å²) >= 11 is 1.80. The number of benzene rings is 9. The molecule has 0 spiro atoms. The largest absolute Gasteiger partial charge is 0.456 e. The van der Waals surface area contributed by atoms with E-state index >= 15 is 0 Å². The Hall–Kier alpha value is -7.73. The van der Waals surface area contributed by atoms with Crippen LogP contribution in [0.1, 0.15) is 47.9 Å². The summed E-state index contributed by atoms with van der Waals surface area (Å²) < 4.78 is 7.55. The number of aromatic nitrogens is 1. The molecular weight excluding hydrogens is 811 g/mol. The number of anilines is 6. The second-order valence-corrected chi connectivity index (χ2v) is 19.0. The SMILES string of the molecule is CC1(C)c2cc3ccccc3cc2C2C=Cc3c(ccc4nc(-c5ccc(N(c6cccc(N(c7ccccc7)c7ccccc7)c6)c6ccc7oc8ccccc8c7c6)cc5)sc34)C21. The molecule has 0 aliphatic heterocycles. The molecule has 2 heterocycles. The van der Waals surface area contributed by atoms with Crippen LogP contribution in [0.15, 0.2) is 211 Å². The van der Waals surface area contributed by atoms with Crippen molar-refractivity contribution in [1.82, 2.24) is 4.98 Å². The van der Waals surface area contributed by atoms with E-state index < -0.39 is 0 Å². The van der Waals surface area contributed by atoms with Crippen LogP contribution < -0.4 is 9.80 Å². The molecule has 4 nitrogen and oxygen atoms in total. The molecule has 2 aliphatic carbocycles. The summed E-state index contributed by atoms with van der Waals surface area (Å²) in [5.74, 6) is 0.713. The van der Waals surface area contributed by atoms with Gasteiger partial charge in [0, 0.05) is 62.3 Å². The molecule has 0 saturated heterocycles. The van der Waals surface area contributed by atoms with Gasteiger partial charge in [-0.15, -0.1) is 11.3 Å². The van der Waals surface area contributed by atoms with E-state index in [4.69, 9.17) is 9.40 Å². The third kappa shape index (κ3) is 6.07. The number of hydrogen-bond acceptors (Lipinski definition) is 5. The van der Waals surface area contributed by atoms with E-state index in [1.165, 1.54) is 37.7 Å². The van der Waals surface area contributed by atoms with Crippen molar-refractivity contribution in [1.29, 1.82) is 0 Å². The van der Waals surface area contributed by atoms with Crippen LogP contribution in [-0.2, 0) is 5.41 Å². The molecule has 65 heavy (non-hydrogen) atoms. The van der Waals surface area contributed by atoms with Gasteiger partial charge in [-0.1, -0.05) is 129 Å². The first-order valence-corrected chi connectivity index (χ1v) is 23.2. The van der Waals surface area contributed by atoms with Gasteiger partial charge in [0.25, 0.3) is 0 Å². The average Bonchev–Trinajstić information content (AvgIpc) is 4.02. The zero-order chi connectivity index (χ0) is 43.2. The van der Waals surface area contributed by atoms with Crippen molar-refractivity contribution in [3.63, 3.8) is 0 Å². The first kappa shape index (κ1) is 37.8. The van der Waals surface area contributed by atoms with E-state index in [0.717, 1.165) is 72.2 Å². The molecule has 0 saturated carbocycles. The summed E-state index contributed by atoms with van der Waals surface area (Å²) in [7, 11) is 0. The topological polar surface area (TPSA) is 32.5 Å². The highest BCUT2D eigenvalue weighted by atomic mass is 32.1. The maximum Gasteiger partial charge on any atom is 0.135 e. The highest BCUT2D eigenvalue weighted by molar-refractivity contribution is 7.22. The predicted octanol–water partition coefficient (Wildman–Crippen LogP) is 17.1. The number of thiazole rings is 1. The monoisotopic (exact) mass is 853 g/mol. The van der Waals surface area contributed by atoms with Crippen LogP contribution in [0.2, 0.25) is 0 Å². The van der Waals surface area contributed by atoms with Gasteiger partial charge in [0.1, 0.15) is 16.2 Å². The predicted molar refractivity (Wildman–Crippen MR) is 273 cm³/mol. The quantitative estimate of drug-likeness (QED) is 0.160. The summed E-state index contributed by atoms with van der Waals surface area (Å²) in [5.41, 5.74) is 16.0. The minimum absolute atomic E-state index is 0.0113. The molecule has 13 rings (SSSR count). The fourth-order valence-corrected chi connectivity index (χ4v) is 12.0. The molecule has 2 unspecified atom stereocenters. The van der Waals surface area contributed by atoms with Crippen molar-refractivity contribution >= 4 is 94.5 Å². The van der Waals surface area contributed by atoms with Crippen LogP contribution in [0.5, 0.6) is 0 Å². The Kier molecular flexibility index (Phi) is 8.53. The number of nitrogens with zero attached hydrogens (tertiary/aromatic N) is 3. The van der Waals surface area contributed by atoms with Crippen molar-refractivity contribution in [3.8, 4) is 10.6 Å². The molecule has 5 heteroatoms. The average molecular weight is 854 g/mol. The van der Waals surface area contributed by atoms with Crippen LogP contribution in [-0.4, -0.2) is 4.98 Å². The third-order valence-electron chi connectivity index (χ3n) is 13.9. The van der Waals surface area contributed by atoms with Crippen LogP contribution in [0.4, 0.5) is 34.1 Å². The molecule has 0 fully saturated rings. The van der Waals surface area contributed by atoms with E-state index in [2.05, 4.69) is 224 Å². The minimum Gasteiger partial charge on any atom is -0.456 e. The third-order valence-corrected chi connectivity index (χ3v) is 15.1. The highest BCUT2D eigenvalue weighted by Crippen LogP contribution is 2.60. The second kappa shape index (κ2) is 14.7. The molecule has 9 aromatic carbocycles. The Morgan fingerprint density at radius 2 is 1.11 bits per heavy atom. The summed E-state index contributed by atoms with van der Waals surface area (Å²) in [6, 6.07) is 72.0. The number of fused-ring (bicyclic) bond motifs is 11. The highest BCUT2D eigenvalue weighted by Gasteiger charge is 2.48. The van der Waals surface area contributed by atoms with E-state index in [0.29, 0.717) is 11.8 Å². The zero-order valence-electron chi connectivity index (χ0n) is 36.0. The van der Waals surface area contributed by atoms with Gasteiger partial charge >= 0.3 is 0 Å². The molecule has 310 valence electrons. The molecule has 2 aromatic heterocycles. The lowest BCUT2D eigenvalue weighted by atomic mass is 9.69. The summed E-state index contributed by atoms with van der Waals surface area (Å²) in [5, 5.41) is 5.85. The molecule has 2 atom stereocenters. The normalized spacial score (nSPS) is 15.9. The Balaban J connectivity index is 0.898. The summed E-state index contributed by atoms with van der Waals surface area (Å²) in [6.07, 6.45) is 4.85. The number of furan rings is 1. The van der Waals surface area contributed by atoms with Gasteiger partial charge in [-0.2, -0.15) is 0 Å². The minimum atomic E-state index is -0.0113. The summed E-state index contributed by atoms with van der Waals surface area (Å²) in [6.45, 7) is 4.88. The van der Waals surface area contributed by atoms with E-state index in [-0.39, 0.29) is 5.41 Å². The second-order valence-electron chi connectivity index (χ2n) is 18.0. The van der Waals surface area contributed by atoms with Crippen LogP contribution in [0.3, 0.4) is 0 Å². The van der Waals surface area contributed by atoms with Gasteiger partial charge < -0.3 is 14.2 Å². The van der Waals surface area contributed by atoms with E-state index in [9.17, 15) is 0 Å². The standard InChI is InChI=1S/C60H43N3OS/c1-60(2)53-35-40-15-10-9-14-39(40)34-51(53)49-29-30-50-48(57(49)60)31-32-54-58(50)65-59(61-54)38-24-26-43(27-25-38)63(46-28-33-56-52(37-46)47-22-11-12-23-55(47)64-56)45-21-13-20-44(36-45)62(41-16-5-3-6-17-41)42-18-7-4-8-19-42/h3-37,49,57H,1-2H3. The smallest absolute Gasteiger partial charge is 0.135 e. The van der Waals surface area contributed by atoms with Gasteiger partial charge in [-0.3, -0.25) is 0 Å². The number of allylic oxidation sites excluding steroid dienone is 1. The molecule has 0 bridgehead atoms. The van der Waals surface area contributed by atoms with Gasteiger partial charge in [-0.05, 0) is 136 Å². The first-order chi connectivity index (χ1) is 32.0. The van der Waals surface area contributed by atoms with Gasteiger partial charge in [0.2, 0.25) is 0 Å². The number of para-hydroxylation sites is 3. The van der Waals surface area contributed by atoms with Crippen molar-refractivity contribution < 1.29 is 4.42 Å². The Morgan fingerprint density at radius 3 is 1.86 bits per heavy atom. The molecule has 0 N–H and O–H groups in total. The van der Waals surface area contributed by atoms with Crippen LogP contribution in [0, 0.1) is 0 Å². The summed E-state index contributed by atoms with van der Waals surface area (Å²) in [4.78, 5) is 9.94. The maximum atomic E-state index is 6.30. The molecular formula is C60H43N3OS. The van der Waals surface area contributed by atoms with Crippen molar-refractivity contribution in [2.24, 2.45) is 0 Å².